The van der Waals surface area contributed by atoms with Crippen LogP contribution in [0, 0.1) is 5.92 Å². The van der Waals surface area contributed by atoms with E-state index in [1.54, 1.807) is 0 Å². The molecule has 0 spiro atoms. The molecule has 2 fully saturated rings. The summed E-state index contributed by atoms with van der Waals surface area (Å²) < 4.78 is 0. The third-order valence-electron chi connectivity index (χ3n) is 4.46. The first-order valence-electron chi connectivity index (χ1n) is 7.32. The number of nitrogens with two attached hydrogens (primary N) is 1. The molecule has 2 N–H and O–H groups in total. The lowest BCUT2D eigenvalue weighted by atomic mass is 9.96. The Hall–Kier alpha value is 0.210. The van der Waals surface area contributed by atoms with E-state index in [-0.39, 0.29) is 12.4 Å². The molecule has 2 nitrogen and oxygen atoms in total. The first kappa shape index (κ1) is 15.3. The SMILES string of the molecule is Cl.NC1CCN(CCC2CCCCCC2)CC1. The second-order valence-corrected chi connectivity index (χ2v) is 5.83. The Balaban J connectivity index is 0.00000144. The molecule has 0 atom stereocenters. The van der Waals surface area contributed by atoms with Crippen LogP contribution in [0.15, 0.2) is 0 Å². The first-order chi connectivity index (χ1) is 7.84. The summed E-state index contributed by atoms with van der Waals surface area (Å²) in [5, 5.41) is 0. The van der Waals surface area contributed by atoms with Crippen LogP contribution in [0.25, 0.3) is 0 Å². The van der Waals surface area contributed by atoms with Gasteiger partial charge in [0.1, 0.15) is 0 Å². The highest BCUT2D eigenvalue weighted by Crippen LogP contribution is 2.25. The maximum absolute atomic E-state index is 5.93. The summed E-state index contributed by atoms with van der Waals surface area (Å²) in [5.41, 5.74) is 5.93. The Morgan fingerprint density at radius 1 is 0.882 bits per heavy atom. The lowest BCUT2D eigenvalue weighted by Crippen LogP contribution is -2.40. The maximum Gasteiger partial charge on any atom is 0.00631 e. The molecule has 1 saturated carbocycles. The molecule has 3 heteroatoms. The van der Waals surface area contributed by atoms with Gasteiger partial charge in [0.25, 0.3) is 0 Å². The van der Waals surface area contributed by atoms with Crippen molar-refractivity contribution < 1.29 is 0 Å². The van der Waals surface area contributed by atoms with Crippen molar-refractivity contribution in [1.29, 1.82) is 0 Å². The van der Waals surface area contributed by atoms with Gasteiger partial charge in [-0.3, -0.25) is 0 Å². The highest BCUT2D eigenvalue weighted by molar-refractivity contribution is 5.85. The molecule has 17 heavy (non-hydrogen) atoms. The van der Waals surface area contributed by atoms with E-state index in [9.17, 15) is 0 Å². The van der Waals surface area contributed by atoms with Crippen LogP contribution in [0.5, 0.6) is 0 Å². The van der Waals surface area contributed by atoms with E-state index in [1.807, 2.05) is 0 Å². The summed E-state index contributed by atoms with van der Waals surface area (Å²) in [4.78, 5) is 2.63. The second-order valence-electron chi connectivity index (χ2n) is 5.83. The molecule has 0 amide bonds. The van der Waals surface area contributed by atoms with Crippen LogP contribution in [0.4, 0.5) is 0 Å². The zero-order valence-corrected chi connectivity index (χ0v) is 11.9. The van der Waals surface area contributed by atoms with Crippen molar-refractivity contribution in [1.82, 2.24) is 4.90 Å². The number of hydrogen-bond acceptors (Lipinski definition) is 2. The van der Waals surface area contributed by atoms with Crippen molar-refractivity contribution in [2.75, 3.05) is 19.6 Å². The molecule has 2 aliphatic rings. The summed E-state index contributed by atoms with van der Waals surface area (Å²) in [6.45, 7) is 3.82. The van der Waals surface area contributed by atoms with Crippen molar-refractivity contribution in [2.24, 2.45) is 11.7 Å². The minimum Gasteiger partial charge on any atom is -0.328 e. The number of likely N-dealkylation sites (tertiary alicyclic amines) is 1. The van der Waals surface area contributed by atoms with Gasteiger partial charge >= 0.3 is 0 Å². The smallest absolute Gasteiger partial charge is 0.00631 e. The van der Waals surface area contributed by atoms with E-state index in [2.05, 4.69) is 4.90 Å². The quantitative estimate of drug-likeness (QED) is 0.790. The molecule has 2 rings (SSSR count). The van der Waals surface area contributed by atoms with Crippen LogP contribution in [-0.4, -0.2) is 30.6 Å². The fourth-order valence-electron chi connectivity index (χ4n) is 3.19. The lowest BCUT2D eigenvalue weighted by molar-refractivity contribution is 0.196. The molecular formula is C14H29ClN2. The topological polar surface area (TPSA) is 29.3 Å². The van der Waals surface area contributed by atoms with Gasteiger partial charge in [-0.1, -0.05) is 38.5 Å². The molecule has 1 heterocycles. The average molecular weight is 261 g/mol. The fourth-order valence-corrected chi connectivity index (χ4v) is 3.19. The summed E-state index contributed by atoms with van der Waals surface area (Å²) in [7, 11) is 0. The molecule has 1 saturated heterocycles. The van der Waals surface area contributed by atoms with Crippen molar-refractivity contribution >= 4 is 12.4 Å². The molecule has 1 aliphatic heterocycles. The summed E-state index contributed by atoms with van der Waals surface area (Å²) in [5.74, 6) is 1.03. The molecule has 0 aromatic heterocycles. The van der Waals surface area contributed by atoms with Gasteiger partial charge < -0.3 is 10.6 Å². The van der Waals surface area contributed by atoms with E-state index in [1.165, 1.54) is 77.4 Å². The van der Waals surface area contributed by atoms with Gasteiger partial charge in [0, 0.05) is 6.04 Å². The fraction of sp³-hybridized carbons (Fsp3) is 1.00. The first-order valence-corrected chi connectivity index (χ1v) is 7.32. The molecule has 0 radical (unpaired) electrons. The maximum atomic E-state index is 5.93. The molecule has 0 unspecified atom stereocenters. The van der Waals surface area contributed by atoms with Crippen molar-refractivity contribution in [2.45, 2.75) is 63.8 Å². The van der Waals surface area contributed by atoms with E-state index < -0.39 is 0 Å². The van der Waals surface area contributed by atoms with Gasteiger partial charge in [0.2, 0.25) is 0 Å². The number of nitrogens with zero attached hydrogens (tertiary/aromatic N) is 1. The van der Waals surface area contributed by atoms with E-state index in [4.69, 9.17) is 5.73 Å². The van der Waals surface area contributed by atoms with E-state index >= 15 is 0 Å². The van der Waals surface area contributed by atoms with E-state index in [0.717, 1.165) is 5.92 Å². The Bertz CT molecular complexity index is 183. The standard InChI is InChI=1S/C14H28N2.ClH/c15-14-8-11-16(12-9-14)10-7-13-5-3-1-2-4-6-13;/h13-14H,1-12,15H2;1H. The molecule has 102 valence electrons. The number of rotatable bonds is 3. The molecule has 0 aromatic rings. The highest BCUT2D eigenvalue weighted by atomic mass is 35.5. The summed E-state index contributed by atoms with van der Waals surface area (Å²) in [6.07, 6.45) is 12.8. The van der Waals surface area contributed by atoms with Gasteiger partial charge in [-0.25, -0.2) is 0 Å². The van der Waals surface area contributed by atoms with Crippen LogP contribution >= 0.6 is 12.4 Å². The van der Waals surface area contributed by atoms with Crippen molar-refractivity contribution in [3.63, 3.8) is 0 Å². The summed E-state index contributed by atoms with van der Waals surface area (Å²) in [6, 6.07) is 0.481. The Morgan fingerprint density at radius 2 is 1.47 bits per heavy atom. The van der Waals surface area contributed by atoms with Gasteiger partial charge in [-0.05, 0) is 44.8 Å². The Morgan fingerprint density at radius 3 is 2.06 bits per heavy atom. The number of piperidine rings is 1. The normalized spacial score (nSPS) is 25.2. The second kappa shape index (κ2) is 8.34. The Labute approximate surface area is 113 Å². The zero-order valence-electron chi connectivity index (χ0n) is 11.1. The van der Waals surface area contributed by atoms with Crippen LogP contribution in [-0.2, 0) is 0 Å². The lowest BCUT2D eigenvalue weighted by Gasteiger charge is -2.31. The predicted octanol–water partition coefficient (Wildman–Crippen LogP) is 3.19. The Kier molecular flexibility index (Phi) is 7.49. The van der Waals surface area contributed by atoms with Gasteiger partial charge in [-0.2, -0.15) is 0 Å². The summed E-state index contributed by atoms with van der Waals surface area (Å²) >= 11 is 0. The molecular weight excluding hydrogens is 232 g/mol. The minimum atomic E-state index is 0. The van der Waals surface area contributed by atoms with Gasteiger partial charge in [0.05, 0.1) is 0 Å². The van der Waals surface area contributed by atoms with Crippen LogP contribution in [0.3, 0.4) is 0 Å². The molecule has 0 aromatic carbocycles. The molecule has 0 bridgehead atoms. The minimum absolute atomic E-state index is 0. The van der Waals surface area contributed by atoms with Crippen LogP contribution in [0.2, 0.25) is 0 Å². The zero-order chi connectivity index (χ0) is 11.2. The number of halogens is 1. The third-order valence-corrected chi connectivity index (χ3v) is 4.46. The van der Waals surface area contributed by atoms with E-state index in [0.29, 0.717) is 6.04 Å². The predicted molar refractivity (Wildman–Crippen MR) is 76.7 cm³/mol. The molecule has 1 aliphatic carbocycles. The van der Waals surface area contributed by atoms with Crippen LogP contribution in [0.1, 0.15) is 57.8 Å². The van der Waals surface area contributed by atoms with Crippen molar-refractivity contribution in [3.05, 3.63) is 0 Å². The van der Waals surface area contributed by atoms with Gasteiger partial charge in [0.15, 0.2) is 0 Å². The van der Waals surface area contributed by atoms with Gasteiger partial charge in [-0.15, -0.1) is 12.4 Å². The monoisotopic (exact) mass is 260 g/mol. The van der Waals surface area contributed by atoms with Crippen molar-refractivity contribution in [3.8, 4) is 0 Å². The largest absolute Gasteiger partial charge is 0.328 e. The third kappa shape index (κ3) is 5.58. The highest BCUT2D eigenvalue weighted by Gasteiger charge is 2.18. The average Bonchev–Trinajstić information content (AvgIpc) is 2.57. The van der Waals surface area contributed by atoms with Crippen LogP contribution < -0.4 is 5.73 Å². The number of hydrogen-bond donors (Lipinski definition) is 1.